The Morgan fingerprint density at radius 3 is 2.32 bits per heavy atom. The molecule has 5 nitrogen and oxygen atoms in total. The van der Waals surface area contributed by atoms with E-state index in [2.05, 4.69) is 24.1 Å². The maximum atomic E-state index is 12.1. The molecule has 0 aromatic heterocycles. The predicted molar refractivity (Wildman–Crippen MR) is 87.5 cm³/mol. The molecule has 0 spiro atoms. The minimum absolute atomic E-state index is 0.0187. The standard InChI is InChI=1S/C17H25N3O2/c1-12(2)13-3-5-15(6-4-13)19-16(21)11-20-9-7-14(8-10-20)17(18)22/h3-6,12,14H,7-11H2,1-2H3,(H2,18,22)(H,19,21). The molecule has 3 N–H and O–H groups in total. The third kappa shape index (κ3) is 4.56. The summed E-state index contributed by atoms with van der Waals surface area (Å²) in [4.78, 5) is 25.3. The molecule has 0 aliphatic carbocycles. The lowest BCUT2D eigenvalue weighted by atomic mass is 9.96. The smallest absolute Gasteiger partial charge is 0.238 e. The van der Waals surface area contributed by atoms with Gasteiger partial charge < -0.3 is 11.1 Å². The van der Waals surface area contributed by atoms with E-state index in [0.29, 0.717) is 12.5 Å². The molecule has 1 heterocycles. The van der Waals surface area contributed by atoms with E-state index in [1.165, 1.54) is 5.56 Å². The van der Waals surface area contributed by atoms with Gasteiger partial charge in [-0.2, -0.15) is 0 Å². The number of anilines is 1. The zero-order chi connectivity index (χ0) is 16.1. The Balaban J connectivity index is 1.80. The van der Waals surface area contributed by atoms with E-state index in [0.717, 1.165) is 31.6 Å². The van der Waals surface area contributed by atoms with Gasteiger partial charge in [-0.25, -0.2) is 0 Å². The highest BCUT2D eigenvalue weighted by atomic mass is 16.2. The van der Waals surface area contributed by atoms with Crippen LogP contribution in [0.2, 0.25) is 0 Å². The molecule has 1 fully saturated rings. The number of primary amides is 1. The van der Waals surface area contributed by atoms with E-state index < -0.39 is 0 Å². The van der Waals surface area contributed by atoms with Gasteiger partial charge in [0.1, 0.15) is 0 Å². The number of hydrogen-bond donors (Lipinski definition) is 2. The molecule has 0 bridgehead atoms. The van der Waals surface area contributed by atoms with Crippen LogP contribution >= 0.6 is 0 Å². The topological polar surface area (TPSA) is 75.4 Å². The summed E-state index contributed by atoms with van der Waals surface area (Å²) >= 11 is 0. The quantitative estimate of drug-likeness (QED) is 0.873. The summed E-state index contributed by atoms with van der Waals surface area (Å²) in [6, 6.07) is 7.95. The zero-order valence-electron chi connectivity index (χ0n) is 13.3. The maximum Gasteiger partial charge on any atom is 0.238 e. The van der Waals surface area contributed by atoms with Crippen LogP contribution in [0, 0.1) is 5.92 Å². The summed E-state index contributed by atoms with van der Waals surface area (Å²) in [5, 5.41) is 2.92. The molecule has 1 aromatic rings. The van der Waals surface area contributed by atoms with Crippen molar-refractivity contribution in [2.24, 2.45) is 11.7 Å². The van der Waals surface area contributed by atoms with Crippen molar-refractivity contribution in [3.05, 3.63) is 29.8 Å². The average Bonchev–Trinajstić information content (AvgIpc) is 2.48. The van der Waals surface area contributed by atoms with Crippen molar-refractivity contribution in [1.29, 1.82) is 0 Å². The Morgan fingerprint density at radius 1 is 1.23 bits per heavy atom. The summed E-state index contributed by atoms with van der Waals surface area (Å²) in [5.74, 6) is 0.198. The van der Waals surface area contributed by atoms with Gasteiger partial charge in [-0.05, 0) is 49.5 Å². The van der Waals surface area contributed by atoms with Gasteiger partial charge in [-0.3, -0.25) is 14.5 Å². The van der Waals surface area contributed by atoms with Crippen molar-refractivity contribution in [1.82, 2.24) is 4.90 Å². The summed E-state index contributed by atoms with van der Waals surface area (Å²) < 4.78 is 0. The van der Waals surface area contributed by atoms with Crippen molar-refractivity contribution in [2.45, 2.75) is 32.6 Å². The second-order valence-electron chi connectivity index (χ2n) is 6.28. The molecule has 1 aromatic carbocycles. The molecule has 0 saturated carbocycles. The first-order valence-electron chi connectivity index (χ1n) is 7.87. The first kappa shape index (κ1) is 16.5. The molecule has 2 amide bonds. The van der Waals surface area contributed by atoms with Gasteiger partial charge in [0, 0.05) is 11.6 Å². The van der Waals surface area contributed by atoms with Crippen molar-refractivity contribution < 1.29 is 9.59 Å². The molecule has 1 saturated heterocycles. The summed E-state index contributed by atoms with van der Waals surface area (Å²) in [6.45, 7) is 6.13. The Bertz CT molecular complexity index is 517. The highest BCUT2D eigenvalue weighted by molar-refractivity contribution is 5.92. The lowest BCUT2D eigenvalue weighted by Crippen LogP contribution is -2.42. The van der Waals surface area contributed by atoms with Crippen LogP contribution in [0.15, 0.2) is 24.3 Å². The molecule has 120 valence electrons. The second-order valence-corrected chi connectivity index (χ2v) is 6.28. The number of hydrogen-bond acceptors (Lipinski definition) is 3. The summed E-state index contributed by atoms with van der Waals surface area (Å²) in [5.41, 5.74) is 7.39. The minimum Gasteiger partial charge on any atom is -0.369 e. The Morgan fingerprint density at radius 2 is 1.82 bits per heavy atom. The largest absolute Gasteiger partial charge is 0.369 e. The Labute approximate surface area is 131 Å². The number of piperidine rings is 1. The highest BCUT2D eigenvalue weighted by Crippen LogP contribution is 2.18. The van der Waals surface area contributed by atoms with Crippen LogP contribution in [0.1, 0.15) is 38.2 Å². The molecular weight excluding hydrogens is 278 g/mol. The van der Waals surface area contributed by atoms with Crippen molar-refractivity contribution >= 4 is 17.5 Å². The van der Waals surface area contributed by atoms with E-state index >= 15 is 0 Å². The van der Waals surface area contributed by atoms with Gasteiger partial charge >= 0.3 is 0 Å². The molecule has 22 heavy (non-hydrogen) atoms. The van der Waals surface area contributed by atoms with Crippen LogP contribution in [-0.4, -0.2) is 36.3 Å². The SMILES string of the molecule is CC(C)c1ccc(NC(=O)CN2CCC(C(N)=O)CC2)cc1. The van der Waals surface area contributed by atoms with Crippen LogP contribution in [0.5, 0.6) is 0 Å². The normalized spacial score (nSPS) is 16.7. The fourth-order valence-corrected chi connectivity index (χ4v) is 2.73. The monoisotopic (exact) mass is 303 g/mol. The number of benzene rings is 1. The number of rotatable bonds is 5. The lowest BCUT2D eigenvalue weighted by molar-refractivity contribution is -0.123. The van der Waals surface area contributed by atoms with Gasteiger partial charge in [0.05, 0.1) is 6.54 Å². The predicted octanol–water partition coefficient (Wildman–Crippen LogP) is 1.95. The average molecular weight is 303 g/mol. The fourth-order valence-electron chi connectivity index (χ4n) is 2.73. The molecule has 0 radical (unpaired) electrons. The van der Waals surface area contributed by atoms with Crippen molar-refractivity contribution in [3.63, 3.8) is 0 Å². The van der Waals surface area contributed by atoms with Gasteiger partial charge in [0.2, 0.25) is 11.8 Å². The molecule has 1 aliphatic heterocycles. The number of nitrogens with two attached hydrogens (primary N) is 1. The first-order valence-corrected chi connectivity index (χ1v) is 7.87. The number of carbonyl (C=O) groups excluding carboxylic acids is 2. The van der Waals surface area contributed by atoms with Gasteiger partial charge in [-0.15, -0.1) is 0 Å². The number of nitrogens with zero attached hydrogens (tertiary/aromatic N) is 1. The van der Waals surface area contributed by atoms with Gasteiger partial charge in [0.15, 0.2) is 0 Å². The maximum absolute atomic E-state index is 12.1. The van der Waals surface area contributed by atoms with Crippen LogP contribution in [0.3, 0.4) is 0 Å². The van der Waals surface area contributed by atoms with Crippen LogP contribution in [0.25, 0.3) is 0 Å². The number of amides is 2. The zero-order valence-corrected chi connectivity index (χ0v) is 13.3. The minimum atomic E-state index is -0.227. The highest BCUT2D eigenvalue weighted by Gasteiger charge is 2.24. The van der Waals surface area contributed by atoms with Crippen LogP contribution < -0.4 is 11.1 Å². The van der Waals surface area contributed by atoms with E-state index in [4.69, 9.17) is 5.73 Å². The fraction of sp³-hybridized carbons (Fsp3) is 0.529. The van der Waals surface area contributed by atoms with E-state index in [-0.39, 0.29) is 17.7 Å². The molecule has 5 heteroatoms. The molecule has 0 atom stereocenters. The van der Waals surface area contributed by atoms with E-state index in [1.807, 2.05) is 24.3 Å². The van der Waals surface area contributed by atoms with E-state index in [1.54, 1.807) is 0 Å². The number of likely N-dealkylation sites (tertiary alicyclic amines) is 1. The molecule has 1 aliphatic rings. The van der Waals surface area contributed by atoms with E-state index in [9.17, 15) is 9.59 Å². The van der Waals surface area contributed by atoms with Gasteiger partial charge in [-0.1, -0.05) is 26.0 Å². The number of carbonyl (C=O) groups is 2. The summed E-state index contributed by atoms with van der Waals surface area (Å²) in [7, 11) is 0. The Hall–Kier alpha value is -1.88. The molecular formula is C17H25N3O2. The number of nitrogens with one attached hydrogen (secondary N) is 1. The second kappa shape index (κ2) is 7.40. The van der Waals surface area contributed by atoms with Crippen LogP contribution in [-0.2, 0) is 9.59 Å². The third-order valence-electron chi connectivity index (χ3n) is 4.22. The lowest BCUT2D eigenvalue weighted by Gasteiger charge is -2.29. The molecule has 2 rings (SSSR count). The van der Waals surface area contributed by atoms with Crippen molar-refractivity contribution in [2.75, 3.05) is 25.0 Å². The van der Waals surface area contributed by atoms with Crippen LogP contribution in [0.4, 0.5) is 5.69 Å². The van der Waals surface area contributed by atoms with Crippen molar-refractivity contribution in [3.8, 4) is 0 Å². The Kier molecular flexibility index (Phi) is 5.55. The van der Waals surface area contributed by atoms with Gasteiger partial charge in [0.25, 0.3) is 0 Å². The summed E-state index contributed by atoms with van der Waals surface area (Å²) in [6.07, 6.45) is 1.48. The third-order valence-corrected chi connectivity index (χ3v) is 4.22. The first-order chi connectivity index (χ1) is 10.5. The molecule has 0 unspecified atom stereocenters.